The number of carboxylic acid groups (broad SMARTS) is 1. The van der Waals surface area contributed by atoms with Gasteiger partial charge in [0.1, 0.15) is 17.6 Å². The van der Waals surface area contributed by atoms with Gasteiger partial charge in [0, 0.05) is 12.3 Å². The summed E-state index contributed by atoms with van der Waals surface area (Å²) in [7, 11) is 0. The highest BCUT2D eigenvalue weighted by molar-refractivity contribution is 6.30. The van der Waals surface area contributed by atoms with Crippen molar-refractivity contribution in [2.45, 2.75) is 44.6 Å². The summed E-state index contributed by atoms with van der Waals surface area (Å²) in [6.07, 6.45) is 7.64. The quantitative estimate of drug-likeness (QED) is 0.485. The Labute approximate surface area is 210 Å². The van der Waals surface area contributed by atoms with Gasteiger partial charge in [-0.15, -0.1) is 0 Å². The number of carboxylic acids is 1. The molecular weight excluding hydrogens is 496 g/mol. The molecule has 1 fully saturated rings. The second-order valence-corrected chi connectivity index (χ2v) is 9.24. The number of rotatable bonds is 8. The van der Waals surface area contributed by atoms with Gasteiger partial charge >= 0.3 is 5.97 Å². The predicted octanol–water partition coefficient (Wildman–Crippen LogP) is 4.79. The summed E-state index contributed by atoms with van der Waals surface area (Å²) in [5.74, 6) is -4.63. The highest BCUT2D eigenvalue weighted by atomic mass is 35.5. The first-order valence-corrected chi connectivity index (χ1v) is 11.9. The number of anilines is 1. The molecule has 1 saturated carbocycles. The van der Waals surface area contributed by atoms with Crippen LogP contribution in [0.15, 0.2) is 42.3 Å². The molecule has 1 aromatic heterocycles. The Kier molecular flexibility index (Phi) is 7.83. The van der Waals surface area contributed by atoms with Crippen molar-refractivity contribution in [3.63, 3.8) is 0 Å². The summed E-state index contributed by atoms with van der Waals surface area (Å²) < 4.78 is 33.8. The maximum atomic E-state index is 14.3. The van der Waals surface area contributed by atoms with Crippen molar-refractivity contribution in [2.75, 3.05) is 11.9 Å². The predicted molar refractivity (Wildman–Crippen MR) is 127 cm³/mol. The first-order valence-electron chi connectivity index (χ1n) is 11.6. The number of halogens is 3. The van der Waals surface area contributed by atoms with Crippen molar-refractivity contribution >= 4 is 35.2 Å². The number of carbonyl (C=O) groups excluding carboxylic acids is 2. The van der Waals surface area contributed by atoms with Gasteiger partial charge in [-0.3, -0.25) is 9.59 Å². The van der Waals surface area contributed by atoms with Crippen LogP contribution in [0.5, 0.6) is 5.75 Å². The fourth-order valence-electron chi connectivity index (χ4n) is 4.49. The average Bonchev–Trinajstić information content (AvgIpc) is 3.23. The van der Waals surface area contributed by atoms with Gasteiger partial charge in [0.05, 0.1) is 17.1 Å². The molecule has 0 saturated heterocycles. The summed E-state index contributed by atoms with van der Waals surface area (Å²) in [5, 5.41) is 11.4. The van der Waals surface area contributed by atoms with Crippen molar-refractivity contribution in [1.82, 2.24) is 9.88 Å². The second-order valence-electron chi connectivity index (χ2n) is 8.83. The Balaban J connectivity index is 1.52. The van der Waals surface area contributed by atoms with E-state index < -0.39 is 41.2 Å². The van der Waals surface area contributed by atoms with Crippen LogP contribution in [0.3, 0.4) is 0 Å². The number of hydrogen-bond acceptors (Lipinski definition) is 5. The van der Waals surface area contributed by atoms with Crippen LogP contribution in [-0.2, 0) is 9.59 Å². The van der Waals surface area contributed by atoms with Gasteiger partial charge in [-0.2, -0.15) is 0 Å². The zero-order chi connectivity index (χ0) is 25.8. The van der Waals surface area contributed by atoms with E-state index in [1.54, 1.807) is 0 Å². The summed E-state index contributed by atoms with van der Waals surface area (Å²) in [6.45, 7) is -0.166. The van der Waals surface area contributed by atoms with Crippen LogP contribution in [-0.4, -0.2) is 45.4 Å². The van der Waals surface area contributed by atoms with Gasteiger partial charge in [-0.25, -0.2) is 18.6 Å². The Morgan fingerprint density at radius 2 is 1.94 bits per heavy atom. The van der Waals surface area contributed by atoms with Crippen LogP contribution in [0.2, 0.25) is 5.02 Å². The Hall–Kier alpha value is -3.53. The van der Waals surface area contributed by atoms with E-state index in [1.807, 2.05) is 0 Å². The molecule has 0 bridgehead atoms. The molecule has 36 heavy (non-hydrogen) atoms. The van der Waals surface area contributed by atoms with Gasteiger partial charge < -0.3 is 20.1 Å². The highest BCUT2D eigenvalue weighted by Gasteiger charge is 2.36. The van der Waals surface area contributed by atoms with Crippen molar-refractivity contribution < 1.29 is 33.0 Å². The molecule has 2 aromatic rings. The normalized spacial score (nSPS) is 17.0. The number of amides is 2. The zero-order valence-corrected chi connectivity index (χ0v) is 19.9. The minimum absolute atomic E-state index is 0.0227. The molecule has 0 radical (unpaired) electrons. The van der Waals surface area contributed by atoms with Crippen molar-refractivity contribution in [3.05, 3.63) is 64.5 Å². The standard InChI is InChI=1S/C25H24ClF2N3O5/c26-17-7-8-18(27)23(22(17)28)36-16-11-21(32)31(13-16)19(10-14-4-2-1-3-5-14)24(33)30-20-9-6-15(12-29-20)25(34)35/h6-9,11-12,14,19H,1-5,10,13H2,(H,34,35)(H,29,30,33). The molecule has 1 aliphatic heterocycles. The maximum absolute atomic E-state index is 14.3. The molecule has 2 aliphatic rings. The molecular formula is C25H24ClF2N3O5. The molecule has 1 unspecified atom stereocenters. The lowest BCUT2D eigenvalue weighted by atomic mass is 9.84. The third-order valence-corrected chi connectivity index (χ3v) is 6.64. The largest absolute Gasteiger partial charge is 0.478 e. The fraction of sp³-hybridized carbons (Fsp3) is 0.360. The van der Waals surface area contributed by atoms with Gasteiger partial charge in [-0.05, 0) is 36.6 Å². The number of hydrogen-bond donors (Lipinski definition) is 2. The zero-order valence-electron chi connectivity index (χ0n) is 19.2. The van der Waals surface area contributed by atoms with E-state index in [9.17, 15) is 23.2 Å². The molecule has 0 spiro atoms. The molecule has 1 atom stereocenters. The Morgan fingerprint density at radius 3 is 2.61 bits per heavy atom. The Morgan fingerprint density at radius 1 is 1.19 bits per heavy atom. The number of nitrogens with one attached hydrogen (secondary N) is 1. The maximum Gasteiger partial charge on any atom is 0.337 e. The molecule has 1 aromatic carbocycles. The minimum Gasteiger partial charge on any atom is -0.478 e. The van der Waals surface area contributed by atoms with Gasteiger partial charge in [0.25, 0.3) is 5.91 Å². The van der Waals surface area contributed by atoms with Crippen LogP contribution >= 0.6 is 11.6 Å². The van der Waals surface area contributed by atoms with E-state index in [1.165, 1.54) is 17.0 Å². The fourth-order valence-corrected chi connectivity index (χ4v) is 4.64. The molecule has 2 N–H and O–H groups in total. The molecule has 2 amide bonds. The summed E-state index contributed by atoms with van der Waals surface area (Å²) in [6, 6.07) is 3.79. The SMILES string of the molecule is O=C(O)c1ccc(NC(=O)C(CC2CCCCC2)N2CC(Oc3c(F)ccc(Cl)c3F)=CC2=O)nc1. The number of aromatic nitrogens is 1. The van der Waals surface area contributed by atoms with Crippen LogP contribution < -0.4 is 10.1 Å². The average molecular weight is 520 g/mol. The van der Waals surface area contributed by atoms with Gasteiger partial charge in [0.15, 0.2) is 17.4 Å². The van der Waals surface area contributed by atoms with E-state index in [-0.39, 0.29) is 34.6 Å². The summed E-state index contributed by atoms with van der Waals surface area (Å²) in [5.41, 5.74) is -0.0343. The topological polar surface area (TPSA) is 109 Å². The van der Waals surface area contributed by atoms with Crippen molar-refractivity contribution in [2.24, 2.45) is 5.92 Å². The van der Waals surface area contributed by atoms with Crippen molar-refractivity contribution in [3.8, 4) is 5.75 Å². The number of ether oxygens (including phenoxy) is 1. The lowest BCUT2D eigenvalue weighted by Crippen LogP contribution is -2.46. The highest BCUT2D eigenvalue weighted by Crippen LogP contribution is 2.33. The van der Waals surface area contributed by atoms with Crippen LogP contribution in [0, 0.1) is 17.6 Å². The van der Waals surface area contributed by atoms with Gasteiger partial charge in [-0.1, -0.05) is 43.7 Å². The van der Waals surface area contributed by atoms with Crippen LogP contribution in [0.25, 0.3) is 0 Å². The number of nitrogens with zero attached hydrogens (tertiary/aromatic N) is 2. The molecule has 11 heteroatoms. The number of pyridine rings is 1. The van der Waals surface area contributed by atoms with E-state index in [0.717, 1.165) is 56.5 Å². The van der Waals surface area contributed by atoms with Gasteiger partial charge in [0.2, 0.25) is 5.91 Å². The van der Waals surface area contributed by atoms with Crippen molar-refractivity contribution in [1.29, 1.82) is 0 Å². The molecule has 8 nitrogen and oxygen atoms in total. The molecule has 1 aliphatic carbocycles. The smallest absolute Gasteiger partial charge is 0.337 e. The Bertz CT molecular complexity index is 1200. The summed E-state index contributed by atoms with van der Waals surface area (Å²) in [4.78, 5) is 42.5. The second kappa shape index (κ2) is 11.0. The minimum atomic E-state index is -1.15. The van der Waals surface area contributed by atoms with E-state index in [0.29, 0.717) is 6.42 Å². The third kappa shape index (κ3) is 5.81. The van der Waals surface area contributed by atoms with Crippen LogP contribution in [0.4, 0.5) is 14.6 Å². The van der Waals surface area contributed by atoms with E-state index >= 15 is 0 Å². The lowest BCUT2D eigenvalue weighted by molar-refractivity contribution is -0.134. The first kappa shape index (κ1) is 25.6. The van der Waals surface area contributed by atoms with E-state index in [4.69, 9.17) is 21.4 Å². The van der Waals surface area contributed by atoms with E-state index in [2.05, 4.69) is 10.3 Å². The number of aromatic carboxylic acids is 1. The first-order chi connectivity index (χ1) is 17.2. The third-order valence-electron chi connectivity index (χ3n) is 6.35. The molecule has 2 heterocycles. The van der Waals surface area contributed by atoms with Crippen LogP contribution in [0.1, 0.15) is 48.9 Å². The summed E-state index contributed by atoms with van der Waals surface area (Å²) >= 11 is 5.72. The monoisotopic (exact) mass is 519 g/mol. The number of benzene rings is 1. The lowest BCUT2D eigenvalue weighted by Gasteiger charge is -2.31. The molecule has 4 rings (SSSR count). The number of carbonyl (C=O) groups is 3. The molecule has 190 valence electrons.